The fraction of sp³-hybridized carbons (Fsp3) is 0.0769. The number of rotatable bonds is 2. The molecule has 1 aromatic heterocycles. The first-order valence-electron chi connectivity index (χ1n) is 4.88. The summed E-state index contributed by atoms with van der Waals surface area (Å²) in [6, 6.07) is 12.8. The van der Waals surface area contributed by atoms with Crippen molar-refractivity contribution in [1.29, 1.82) is 5.26 Å². The van der Waals surface area contributed by atoms with Gasteiger partial charge < -0.3 is 4.74 Å². The Kier molecular flexibility index (Phi) is 2.84. The summed E-state index contributed by atoms with van der Waals surface area (Å²) in [5.74, 6) is 1.16. The van der Waals surface area contributed by atoms with Crippen LogP contribution in [0, 0.1) is 18.3 Å². The van der Waals surface area contributed by atoms with Gasteiger partial charge in [-0.05, 0) is 36.8 Å². The maximum absolute atomic E-state index is 8.75. The zero-order chi connectivity index (χ0) is 11.4. The second kappa shape index (κ2) is 4.45. The molecule has 0 bridgehead atoms. The molecule has 0 aliphatic carbocycles. The first-order chi connectivity index (χ1) is 7.78. The molecule has 1 heterocycles. The normalized spacial score (nSPS) is 9.50. The summed E-state index contributed by atoms with van der Waals surface area (Å²) >= 11 is 0. The van der Waals surface area contributed by atoms with Crippen LogP contribution in [0.4, 0.5) is 0 Å². The van der Waals surface area contributed by atoms with E-state index < -0.39 is 0 Å². The van der Waals surface area contributed by atoms with Gasteiger partial charge in [0.05, 0.1) is 11.6 Å². The molecule has 2 aromatic rings. The Labute approximate surface area is 93.9 Å². The lowest BCUT2D eigenvalue weighted by atomic mass is 10.2. The van der Waals surface area contributed by atoms with Crippen LogP contribution < -0.4 is 4.74 Å². The molecule has 0 atom stereocenters. The highest BCUT2D eigenvalue weighted by atomic mass is 16.5. The Morgan fingerprint density at radius 1 is 1.25 bits per heavy atom. The highest BCUT2D eigenvalue weighted by molar-refractivity contribution is 5.38. The van der Waals surface area contributed by atoms with Crippen LogP contribution in [-0.2, 0) is 0 Å². The van der Waals surface area contributed by atoms with Gasteiger partial charge in [-0.25, -0.2) is 4.98 Å². The lowest BCUT2D eigenvalue weighted by Crippen LogP contribution is -1.88. The third-order valence-corrected chi connectivity index (χ3v) is 2.08. The van der Waals surface area contributed by atoms with Gasteiger partial charge in [0.25, 0.3) is 0 Å². The van der Waals surface area contributed by atoms with Crippen molar-refractivity contribution in [3.63, 3.8) is 0 Å². The van der Waals surface area contributed by atoms with E-state index in [0.717, 1.165) is 5.56 Å². The number of nitriles is 1. The smallest absolute Gasteiger partial charge is 0.219 e. The fourth-order valence-electron chi connectivity index (χ4n) is 1.31. The van der Waals surface area contributed by atoms with Crippen LogP contribution in [0.3, 0.4) is 0 Å². The average molecular weight is 210 g/mol. The third kappa shape index (κ3) is 2.37. The van der Waals surface area contributed by atoms with E-state index in [-0.39, 0.29) is 0 Å². The predicted octanol–water partition coefficient (Wildman–Crippen LogP) is 3.05. The van der Waals surface area contributed by atoms with Gasteiger partial charge in [-0.1, -0.05) is 6.07 Å². The van der Waals surface area contributed by atoms with Crippen LogP contribution in [0.15, 0.2) is 42.6 Å². The summed E-state index contributed by atoms with van der Waals surface area (Å²) in [6.07, 6.45) is 1.69. The number of aromatic nitrogens is 1. The van der Waals surface area contributed by atoms with Gasteiger partial charge in [-0.2, -0.15) is 5.26 Å². The maximum atomic E-state index is 8.75. The molecule has 0 unspecified atom stereocenters. The fourth-order valence-corrected chi connectivity index (χ4v) is 1.31. The summed E-state index contributed by atoms with van der Waals surface area (Å²) in [5, 5.41) is 8.75. The first-order valence-corrected chi connectivity index (χ1v) is 4.88. The van der Waals surface area contributed by atoms with E-state index in [0.29, 0.717) is 17.2 Å². The number of hydrogen-bond donors (Lipinski definition) is 0. The van der Waals surface area contributed by atoms with Gasteiger partial charge in [0, 0.05) is 12.3 Å². The maximum Gasteiger partial charge on any atom is 0.219 e. The monoisotopic (exact) mass is 210 g/mol. The van der Waals surface area contributed by atoms with E-state index >= 15 is 0 Å². The topological polar surface area (TPSA) is 45.9 Å². The van der Waals surface area contributed by atoms with Gasteiger partial charge in [0.1, 0.15) is 5.75 Å². The van der Waals surface area contributed by atoms with Gasteiger partial charge in [-0.15, -0.1) is 0 Å². The highest BCUT2D eigenvalue weighted by Gasteiger charge is 1.99. The average Bonchev–Trinajstić information content (AvgIpc) is 2.29. The summed E-state index contributed by atoms with van der Waals surface area (Å²) < 4.78 is 5.54. The summed E-state index contributed by atoms with van der Waals surface area (Å²) in [6.45, 7) is 1.97. The number of benzene rings is 1. The standard InChI is InChI=1S/C13H10N2O/c1-10-5-6-15-13(7-10)16-12-4-2-3-11(8-12)9-14/h2-8H,1H3. The van der Waals surface area contributed by atoms with Gasteiger partial charge in [-0.3, -0.25) is 0 Å². The number of hydrogen-bond acceptors (Lipinski definition) is 3. The van der Waals surface area contributed by atoms with Crippen LogP contribution in [0.25, 0.3) is 0 Å². The molecule has 0 N–H and O–H groups in total. The molecule has 0 spiro atoms. The van der Waals surface area contributed by atoms with E-state index in [2.05, 4.69) is 11.1 Å². The molecule has 0 amide bonds. The van der Waals surface area contributed by atoms with Crippen molar-refractivity contribution in [2.24, 2.45) is 0 Å². The number of pyridine rings is 1. The largest absolute Gasteiger partial charge is 0.439 e. The minimum Gasteiger partial charge on any atom is -0.439 e. The minimum absolute atomic E-state index is 0.537. The molecule has 16 heavy (non-hydrogen) atoms. The Balaban J connectivity index is 2.24. The summed E-state index contributed by atoms with van der Waals surface area (Å²) in [5.41, 5.74) is 1.66. The molecular weight excluding hydrogens is 200 g/mol. The van der Waals surface area contributed by atoms with Gasteiger partial charge in [0.15, 0.2) is 0 Å². The number of nitrogens with zero attached hydrogens (tertiary/aromatic N) is 2. The summed E-state index contributed by atoms with van der Waals surface area (Å²) in [4.78, 5) is 4.09. The molecule has 2 rings (SSSR count). The van der Waals surface area contributed by atoms with E-state index in [9.17, 15) is 0 Å². The van der Waals surface area contributed by atoms with Crippen LogP contribution in [-0.4, -0.2) is 4.98 Å². The Bertz CT molecular complexity index is 544. The van der Waals surface area contributed by atoms with E-state index in [1.807, 2.05) is 19.1 Å². The first kappa shape index (κ1) is 10.2. The van der Waals surface area contributed by atoms with Crippen molar-refractivity contribution in [3.05, 3.63) is 53.7 Å². The molecule has 3 heteroatoms. The molecule has 0 saturated carbocycles. The van der Waals surface area contributed by atoms with Crippen molar-refractivity contribution in [2.45, 2.75) is 6.92 Å². The van der Waals surface area contributed by atoms with E-state index in [1.54, 1.807) is 30.5 Å². The molecule has 0 radical (unpaired) electrons. The SMILES string of the molecule is Cc1ccnc(Oc2cccc(C#N)c2)c1. The van der Waals surface area contributed by atoms with Crippen LogP contribution >= 0.6 is 0 Å². The van der Waals surface area contributed by atoms with Crippen LogP contribution in [0.5, 0.6) is 11.6 Å². The zero-order valence-electron chi connectivity index (χ0n) is 8.84. The van der Waals surface area contributed by atoms with Gasteiger partial charge >= 0.3 is 0 Å². The molecule has 3 nitrogen and oxygen atoms in total. The van der Waals surface area contributed by atoms with Gasteiger partial charge in [0.2, 0.25) is 5.88 Å². The van der Waals surface area contributed by atoms with Crippen molar-refractivity contribution in [3.8, 4) is 17.7 Å². The van der Waals surface area contributed by atoms with E-state index in [4.69, 9.17) is 10.00 Å². The van der Waals surface area contributed by atoms with Crippen LogP contribution in [0.2, 0.25) is 0 Å². The van der Waals surface area contributed by atoms with Crippen molar-refractivity contribution < 1.29 is 4.74 Å². The lowest BCUT2D eigenvalue weighted by Gasteiger charge is -2.04. The van der Waals surface area contributed by atoms with Crippen molar-refractivity contribution in [2.75, 3.05) is 0 Å². The third-order valence-electron chi connectivity index (χ3n) is 2.08. The molecule has 0 aliphatic heterocycles. The second-order valence-electron chi connectivity index (χ2n) is 3.41. The quantitative estimate of drug-likeness (QED) is 0.765. The Morgan fingerprint density at radius 3 is 2.88 bits per heavy atom. The number of ether oxygens (including phenoxy) is 1. The molecule has 0 saturated heterocycles. The van der Waals surface area contributed by atoms with Crippen LogP contribution in [0.1, 0.15) is 11.1 Å². The molecule has 1 aromatic carbocycles. The highest BCUT2D eigenvalue weighted by Crippen LogP contribution is 2.20. The summed E-state index contributed by atoms with van der Waals surface area (Å²) in [7, 11) is 0. The van der Waals surface area contributed by atoms with Crippen molar-refractivity contribution in [1.82, 2.24) is 4.98 Å². The minimum atomic E-state index is 0.537. The molecule has 78 valence electrons. The second-order valence-corrected chi connectivity index (χ2v) is 3.41. The molecule has 0 fully saturated rings. The zero-order valence-corrected chi connectivity index (χ0v) is 8.84. The van der Waals surface area contributed by atoms with Crippen molar-refractivity contribution >= 4 is 0 Å². The Hall–Kier alpha value is -2.34. The molecular formula is C13H10N2O. The number of aryl methyl sites for hydroxylation is 1. The molecule has 0 aliphatic rings. The predicted molar refractivity (Wildman–Crippen MR) is 60.2 cm³/mol. The lowest BCUT2D eigenvalue weighted by molar-refractivity contribution is 0.462. The van der Waals surface area contributed by atoms with E-state index in [1.165, 1.54) is 0 Å². The Morgan fingerprint density at radius 2 is 2.12 bits per heavy atom.